The minimum absolute atomic E-state index is 0.0581. The maximum absolute atomic E-state index is 12.7. The Labute approximate surface area is 160 Å². The minimum atomic E-state index is -0.272. The number of nitrogens with zero attached hydrogens (tertiary/aromatic N) is 2. The number of ether oxygens (including phenoxy) is 1. The summed E-state index contributed by atoms with van der Waals surface area (Å²) in [6.45, 7) is 1.58. The molecule has 6 nitrogen and oxygen atoms in total. The van der Waals surface area contributed by atoms with Crippen LogP contribution >= 0.6 is 0 Å². The second-order valence-electron chi connectivity index (χ2n) is 8.10. The van der Waals surface area contributed by atoms with E-state index in [1.54, 1.807) is 24.3 Å². The molecule has 3 fully saturated rings. The number of hydrogen-bond acceptors (Lipinski definition) is 4. The maximum Gasteiger partial charge on any atom is 0.338 e. The first-order chi connectivity index (χ1) is 13.1. The van der Waals surface area contributed by atoms with E-state index in [-0.39, 0.29) is 18.1 Å². The van der Waals surface area contributed by atoms with Gasteiger partial charge in [-0.1, -0.05) is 0 Å². The van der Waals surface area contributed by atoms with Crippen molar-refractivity contribution < 1.29 is 14.3 Å². The monoisotopic (exact) mass is 371 g/mol. The molecule has 146 valence electrons. The highest BCUT2D eigenvalue weighted by atomic mass is 16.5. The van der Waals surface area contributed by atoms with Crippen LogP contribution in [0.1, 0.15) is 55.3 Å². The lowest BCUT2D eigenvalue weighted by atomic mass is 10.1. The minimum Gasteiger partial charge on any atom is -0.459 e. The fourth-order valence-corrected chi connectivity index (χ4v) is 4.61. The molecule has 2 amide bonds. The molecule has 2 saturated heterocycles. The Morgan fingerprint density at radius 1 is 1.00 bits per heavy atom. The van der Waals surface area contributed by atoms with Gasteiger partial charge in [-0.3, -0.25) is 4.90 Å². The smallest absolute Gasteiger partial charge is 0.338 e. The molecule has 27 heavy (non-hydrogen) atoms. The van der Waals surface area contributed by atoms with Crippen molar-refractivity contribution in [1.29, 1.82) is 0 Å². The average Bonchev–Trinajstić information content (AvgIpc) is 3.23. The van der Waals surface area contributed by atoms with E-state index in [9.17, 15) is 9.59 Å². The predicted molar refractivity (Wildman–Crippen MR) is 104 cm³/mol. The molecule has 1 N–H and O–H groups in total. The van der Waals surface area contributed by atoms with Crippen LogP contribution in [0.25, 0.3) is 0 Å². The van der Waals surface area contributed by atoms with Crippen molar-refractivity contribution in [3.63, 3.8) is 0 Å². The summed E-state index contributed by atoms with van der Waals surface area (Å²) in [4.78, 5) is 29.2. The molecule has 4 rings (SSSR count). The molecule has 2 aliphatic heterocycles. The van der Waals surface area contributed by atoms with Crippen LogP contribution < -0.4 is 5.32 Å². The third-order valence-electron chi connectivity index (χ3n) is 6.38. The van der Waals surface area contributed by atoms with Crippen LogP contribution in [0, 0.1) is 0 Å². The van der Waals surface area contributed by atoms with Gasteiger partial charge >= 0.3 is 12.0 Å². The Balaban J connectivity index is 1.32. The second kappa shape index (κ2) is 7.89. The zero-order chi connectivity index (χ0) is 18.8. The lowest BCUT2D eigenvalue weighted by molar-refractivity contribution is 0.0318. The van der Waals surface area contributed by atoms with Crippen LogP contribution in [0.2, 0.25) is 0 Å². The molecule has 1 aliphatic carbocycles. The van der Waals surface area contributed by atoms with Crippen molar-refractivity contribution in [3.05, 3.63) is 29.8 Å². The van der Waals surface area contributed by atoms with Crippen LogP contribution in [-0.4, -0.2) is 60.1 Å². The number of carbonyl (C=O) groups is 2. The summed E-state index contributed by atoms with van der Waals surface area (Å²) in [5, 5.41) is 2.97. The lowest BCUT2D eigenvalue weighted by Gasteiger charge is -2.26. The Kier molecular flexibility index (Phi) is 5.34. The molecule has 2 atom stereocenters. The van der Waals surface area contributed by atoms with Gasteiger partial charge in [-0.05, 0) is 76.3 Å². The summed E-state index contributed by atoms with van der Waals surface area (Å²) in [7, 11) is 2.17. The number of urea groups is 1. The molecule has 0 radical (unpaired) electrons. The highest BCUT2D eigenvalue weighted by molar-refractivity contribution is 5.92. The van der Waals surface area contributed by atoms with Gasteiger partial charge in [0, 0.05) is 30.9 Å². The highest BCUT2D eigenvalue weighted by Gasteiger charge is 2.36. The van der Waals surface area contributed by atoms with Gasteiger partial charge in [-0.15, -0.1) is 0 Å². The van der Waals surface area contributed by atoms with Gasteiger partial charge in [0.15, 0.2) is 0 Å². The summed E-state index contributed by atoms with van der Waals surface area (Å²) >= 11 is 0. The van der Waals surface area contributed by atoms with Crippen LogP contribution in [0.15, 0.2) is 24.3 Å². The van der Waals surface area contributed by atoms with E-state index < -0.39 is 0 Å². The van der Waals surface area contributed by atoms with Gasteiger partial charge in [-0.25, -0.2) is 9.59 Å². The van der Waals surface area contributed by atoms with E-state index in [1.807, 2.05) is 4.90 Å². The first-order valence-corrected chi connectivity index (χ1v) is 10.2. The second-order valence-corrected chi connectivity index (χ2v) is 8.10. The molecule has 0 aromatic heterocycles. The first-order valence-electron chi connectivity index (χ1n) is 10.2. The molecular weight excluding hydrogens is 342 g/mol. The number of anilines is 1. The standard InChI is InChI=1S/C21H29N3O3/c1-23-17-10-11-18(23)14-24(13-12-17)21(26)22-16-8-6-15(7-9-16)20(25)27-19-4-2-3-5-19/h6-9,17-19H,2-5,10-14H2,1H3,(H,22,26)/t17-,18+/m0/s1. The summed E-state index contributed by atoms with van der Waals surface area (Å²) in [6.07, 6.45) is 7.71. The predicted octanol–water partition coefficient (Wildman–Crippen LogP) is 3.49. The Morgan fingerprint density at radius 2 is 1.70 bits per heavy atom. The van der Waals surface area contributed by atoms with Crippen LogP contribution in [0.5, 0.6) is 0 Å². The molecule has 2 bridgehead atoms. The number of rotatable bonds is 3. The Bertz CT molecular complexity index is 684. The molecule has 1 aromatic rings. The number of likely N-dealkylation sites (N-methyl/N-ethyl adjacent to an activating group) is 1. The number of carbonyl (C=O) groups excluding carboxylic acids is 2. The van der Waals surface area contributed by atoms with Crippen LogP contribution in [-0.2, 0) is 4.74 Å². The van der Waals surface area contributed by atoms with E-state index >= 15 is 0 Å². The van der Waals surface area contributed by atoms with Gasteiger partial charge in [0.1, 0.15) is 6.10 Å². The van der Waals surface area contributed by atoms with E-state index in [1.165, 1.54) is 12.8 Å². The van der Waals surface area contributed by atoms with E-state index in [0.717, 1.165) is 45.2 Å². The fraction of sp³-hybridized carbons (Fsp3) is 0.619. The number of fused-ring (bicyclic) bond motifs is 2. The third kappa shape index (κ3) is 4.10. The molecule has 0 spiro atoms. The topological polar surface area (TPSA) is 61.9 Å². The van der Waals surface area contributed by atoms with Crippen molar-refractivity contribution in [2.45, 2.75) is 63.1 Å². The molecule has 6 heteroatoms. The van der Waals surface area contributed by atoms with E-state index in [0.29, 0.717) is 23.3 Å². The molecule has 0 unspecified atom stereocenters. The third-order valence-corrected chi connectivity index (χ3v) is 6.38. The lowest BCUT2D eigenvalue weighted by Crippen LogP contribution is -2.41. The maximum atomic E-state index is 12.7. The fourth-order valence-electron chi connectivity index (χ4n) is 4.61. The largest absolute Gasteiger partial charge is 0.459 e. The van der Waals surface area contributed by atoms with E-state index in [2.05, 4.69) is 17.3 Å². The van der Waals surface area contributed by atoms with Gasteiger partial charge in [-0.2, -0.15) is 0 Å². The zero-order valence-corrected chi connectivity index (χ0v) is 16.0. The summed E-state index contributed by atoms with van der Waals surface area (Å²) in [5.41, 5.74) is 1.24. The number of hydrogen-bond donors (Lipinski definition) is 1. The molecule has 2 heterocycles. The summed E-state index contributed by atoms with van der Waals surface area (Å²) in [6, 6.07) is 8.03. The van der Waals surface area contributed by atoms with Crippen molar-refractivity contribution in [3.8, 4) is 0 Å². The normalized spacial score (nSPS) is 26.0. The number of nitrogens with one attached hydrogen (secondary N) is 1. The SMILES string of the molecule is CN1[C@H]2CC[C@@H]1CN(C(=O)Nc1ccc(C(=O)OC3CCCC3)cc1)CC2. The number of likely N-dealkylation sites (tertiary alicyclic amines) is 1. The molecule has 1 saturated carbocycles. The number of amides is 2. The van der Waals surface area contributed by atoms with Gasteiger partial charge in [0.2, 0.25) is 0 Å². The highest BCUT2D eigenvalue weighted by Crippen LogP contribution is 2.28. The quantitative estimate of drug-likeness (QED) is 0.826. The zero-order valence-electron chi connectivity index (χ0n) is 16.0. The van der Waals surface area contributed by atoms with Crippen LogP contribution in [0.3, 0.4) is 0 Å². The Morgan fingerprint density at radius 3 is 2.44 bits per heavy atom. The summed E-state index contributed by atoms with van der Waals surface area (Å²) in [5.74, 6) is -0.272. The van der Waals surface area contributed by atoms with Gasteiger partial charge in [0.05, 0.1) is 5.56 Å². The molecule has 1 aromatic carbocycles. The van der Waals surface area contributed by atoms with Crippen LogP contribution in [0.4, 0.5) is 10.5 Å². The van der Waals surface area contributed by atoms with Crippen molar-refractivity contribution in [2.24, 2.45) is 0 Å². The average molecular weight is 371 g/mol. The molecular formula is C21H29N3O3. The Hall–Kier alpha value is -2.08. The van der Waals surface area contributed by atoms with Gasteiger partial charge in [0.25, 0.3) is 0 Å². The van der Waals surface area contributed by atoms with Crippen molar-refractivity contribution >= 4 is 17.7 Å². The summed E-state index contributed by atoms with van der Waals surface area (Å²) < 4.78 is 5.53. The van der Waals surface area contributed by atoms with Gasteiger partial charge < -0.3 is 15.0 Å². The van der Waals surface area contributed by atoms with Crippen molar-refractivity contribution in [2.75, 3.05) is 25.5 Å². The van der Waals surface area contributed by atoms with Crippen molar-refractivity contribution in [1.82, 2.24) is 9.80 Å². The first kappa shape index (κ1) is 18.3. The number of esters is 1. The molecule has 3 aliphatic rings. The number of benzene rings is 1. The van der Waals surface area contributed by atoms with E-state index in [4.69, 9.17) is 4.74 Å².